The van der Waals surface area contributed by atoms with Crippen LogP contribution >= 0.6 is 11.8 Å². The standard InChI is InChI=1S/C24H24N4O3S/c1-17(18-7-4-3-5-8-18)25-22(29)16-32-24-27-26-23(19-10-12-20(30-2)13-11-19)28(24)15-21-9-6-14-31-21/h3-14,17H,15-16H2,1-2H3,(H,25,29). The van der Waals surface area contributed by atoms with E-state index in [1.54, 1.807) is 13.4 Å². The van der Waals surface area contributed by atoms with Gasteiger partial charge in [0.25, 0.3) is 0 Å². The van der Waals surface area contributed by atoms with Crippen molar-refractivity contribution in [3.63, 3.8) is 0 Å². The summed E-state index contributed by atoms with van der Waals surface area (Å²) in [7, 11) is 1.63. The number of furan rings is 1. The molecular weight excluding hydrogens is 424 g/mol. The lowest BCUT2D eigenvalue weighted by atomic mass is 10.1. The third-order valence-corrected chi connectivity index (χ3v) is 5.94. The Bertz CT molecular complexity index is 1140. The van der Waals surface area contributed by atoms with Crippen LogP contribution in [0.2, 0.25) is 0 Å². The molecule has 1 unspecified atom stereocenters. The SMILES string of the molecule is COc1ccc(-c2nnc(SCC(=O)NC(C)c3ccccc3)n2Cc2ccco2)cc1. The minimum Gasteiger partial charge on any atom is -0.497 e. The Labute approximate surface area is 190 Å². The summed E-state index contributed by atoms with van der Waals surface area (Å²) in [6, 6.07) is 21.2. The van der Waals surface area contributed by atoms with Crippen LogP contribution in [0.3, 0.4) is 0 Å². The largest absolute Gasteiger partial charge is 0.497 e. The maximum Gasteiger partial charge on any atom is 0.230 e. The lowest BCUT2D eigenvalue weighted by molar-refractivity contribution is -0.119. The Morgan fingerprint density at radius 3 is 2.56 bits per heavy atom. The van der Waals surface area contributed by atoms with E-state index in [2.05, 4.69) is 15.5 Å². The van der Waals surface area contributed by atoms with Gasteiger partial charge in [0.05, 0.1) is 31.7 Å². The van der Waals surface area contributed by atoms with Crippen LogP contribution in [0.4, 0.5) is 0 Å². The second-order valence-corrected chi connectivity index (χ2v) is 8.13. The predicted molar refractivity (Wildman–Crippen MR) is 124 cm³/mol. The second kappa shape index (κ2) is 10.2. The fourth-order valence-corrected chi connectivity index (χ4v) is 4.04. The third-order valence-electron chi connectivity index (χ3n) is 4.97. The summed E-state index contributed by atoms with van der Waals surface area (Å²) in [6.07, 6.45) is 1.64. The topological polar surface area (TPSA) is 82.2 Å². The van der Waals surface area contributed by atoms with E-state index < -0.39 is 0 Å². The lowest BCUT2D eigenvalue weighted by Gasteiger charge is -2.14. The molecule has 0 aliphatic heterocycles. The number of nitrogens with one attached hydrogen (secondary N) is 1. The van der Waals surface area contributed by atoms with Gasteiger partial charge in [-0.1, -0.05) is 42.1 Å². The molecule has 4 aromatic rings. The monoisotopic (exact) mass is 448 g/mol. The minimum absolute atomic E-state index is 0.0649. The van der Waals surface area contributed by atoms with Crippen LogP contribution in [0.15, 0.2) is 82.6 Å². The maximum absolute atomic E-state index is 12.6. The number of aromatic nitrogens is 3. The van der Waals surface area contributed by atoms with Crippen molar-refractivity contribution in [1.29, 1.82) is 0 Å². The zero-order valence-corrected chi connectivity index (χ0v) is 18.7. The van der Waals surface area contributed by atoms with Crippen LogP contribution in [-0.2, 0) is 11.3 Å². The van der Waals surface area contributed by atoms with Crippen molar-refractivity contribution in [1.82, 2.24) is 20.1 Å². The minimum atomic E-state index is -0.0693. The van der Waals surface area contributed by atoms with Gasteiger partial charge in [0.1, 0.15) is 11.5 Å². The van der Waals surface area contributed by atoms with Gasteiger partial charge in [0.2, 0.25) is 5.91 Å². The zero-order valence-electron chi connectivity index (χ0n) is 17.9. The molecule has 2 heterocycles. The molecule has 7 nitrogen and oxygen atoms in total. The summed E-state index contributed by atoms with van der Waals surface area (Å²) < 4.78 is 12.7. The first-order valence-corrected chi connectivity index (χ1v) is 11.2. The normalized spacial score (nSPS) is 11.8. The number of methoxy groups -OCH3 is 1. The van der Waals surface area contributed by atoms with E-state index >= 15 is 0 Å². The first-order chi connectivity index (χ1) is 15.6. The Morgan fingerprint density at radius 1 is 1.09 bits per heavy atom. The molecule has 2 aromatic heterocycles. The fourth-order valence-electron chi connectivity index (χ4n) is 3.29. The van der Waals surface area contributed by atoms with Crippen molar-refractivity contribution in [3.8, 4) is 17.1 Å². The number of hydrogen-bond donors (Lipinski definition) is 1. The maximum atomic E-state index is 12.6. The molecule has 0 bridgehead atoms. The van der Waals surface area contributed by atoms with Gasteiger partial charge in [-0.05, 0) is 48.9 Å². The number of thioether (sulfide) groups is 1. The van der Waals surface area contributed by atoms with E-state index in [9.17, 15) is 4.79 Å². The average Bonchev–Trinajstić information content (AvgIpc) is 3.49. The summed E-state index contributed by atoms with van der Waals surface area (Å²) >= 11 is 1.35. The molecule has 0 aliphatic carbocycles. The van der Waals surface area contributed by atoms with E-state index in [-0.39, 0.29) is 17.7 Å². The van der Waals surface area contributed by atoms with Crippen LogP contribution < -0.4 is 10.1 Å². The number of carbonyl (C=O) groups excluding carboxylic acids is 1. The number of amides is 1. The zero-order chi connectivity index (χ0) is 22.3. The van der Waals surface area contributed by atoms with Crippen molar-refractivity contribution in [2.45, 2.75) is 24.7 Å². The summed E-state index contributed by atoms with van der Waals surface area (Å²) in [4.78, 5) is 12.6. The quantitative estimate of drug-likeness (QED) is 0.378. The molecule has 1 N–H and O–H groups in total. The van der Waals surface area contributed by atoms with Crippen molar-refractivity contribution >= 4 is 17.7 Å². The van der Waals surface area contributed by atoms with E-state index in [0.717, 1.165) is 22.6 Å². The van der Waals surface area contributed by atoms with Gasteiger partial charge < -0.3 is 14.5 Å². The Kier molecular flexibility index (Phi) is 6.91. The van der Waals surface area contributed by atoms with Crippen molar-refractivity contribution in [3.05, 3.63) is 84.3 Å². The number of rotatable bonds is 9. The molecule has 0 radical (unpaired) electrons. The molecule has 164 valence electrons. The van der Waals surface area contributed by atoms with Gasteiger partial charge in [0, 0.05) is 5.56 Å². The predicted octanol–water partition coefficient (Wildman–Crippen LogP) is 4.56. The highest BCUT2D eigenvalue weighted by Crippen LogP contribution is 2.27. The van der Waals surface area contributed by atoms with Gasteiger partial charge in [-0.3, -0.25) is 9.36 Å². The second-order valence-electron chi connectivity index (χ2n) is 7.19. The van der Waals surface area contributed by atoms with Crippen molar-refractivity contribution in [2.75, 3.05) is 12.9 Å². The van der Waals surface area contributed by atoms with Crippen molar-refractivity contribution in [2.24, 2.45) is 0 Å². The van der Waals surface area contributed by atoms with Crippen LogP contribution in [0.1, 0.15) is 24.3 Å². The number of nitrogens with zero attached hydrogens (tertiary/aromatic N) is 3. The van der Waals surface area contributed by atoms with Crippen LogP contribution in [0.25, 0.3) is 11.4 Å². The van der Waals surface area contributed by atoms with Gasteiger partial charge in [0.15, 0.2) is 11.0 Å². The summed E-state index contributed by atoms with van der Waals surface area (Å²) in [5.41, 5.74) is 1.97. The molecule has 0 saturated carbocycles. The fraction of sp³-hybridized carbons (Fsp3) is 0.208. The van der Waals surface area contributed by atoms with Crippen molar-refractivity contribution < 1.29 is 13.9 Å². The molecule has 32 heavy (non-hydrogen) atoms. The number of ether oxygens (including phenoxy) is 1. The molecule has 8 heteroatoms. The Balaban J connectivity index is 1.50. The molecule has 0 fully saturated rings. The van der Waals surface area contributed by atoms with Gasteiger partial charge in [-0.15, -0.1) is 10.2 Å². The van der Waals surface area contributed by atoms with E-state index in [0.29, 0.717) is 17.5 Å². The average molecular weight is 449 g/mol. The molecular formula is C24H24N4O3S. The number of carbonyl (C=O) groups is 1. The van der Waals surface area contributed by atoms with Crippen LogP contribution in [0.5, 0.6) is 5.75 Å². The van der Waals surface area contributed by atoms with E-state index in [4.69, 9.17) is 9.15 Å². The molecule has 0 spiro atoms. The molecule has 1 atom stereocenters. The highest BCUT2D eigenvalue weighted by atomic mass is 32.2. The van der Waals surface area contributed by atoms with Gasteiger partial charge in [-0.25, -0.2) is 0 Å². The van der Waals surface area contributed by atoms with Gasteiger partial charge in [-0.2, -0.15) is 0 Å². The number of hydrogen-bond acceptors (Lipinski definition) is 6. The smallest absolute Gasteiger partial charge is 0.230 e. The van der Waals surface area contributed by atoms with Crippen LogP contribution in [0, 0.1) is 0 Å². The highest BCUT2D eigenvalue weighted by Gasteiger charge is 2.18. The molecule has 0 aliphatic rings. The highest BCUT2D eigenvalue weighted by molar-refractivity contribution is 7.99. The molecule has 4 rings (SSSR count). The Morgan fingerprint density at radius 2 is 1.88 bits per heavy atom. The first-order valence-electron chi connectivity index (χ1n) is 10.2. The molecule has 1 amide bonds. The summed E-state index contributed by atoms with van der Waals surface area (Å²) in [6.45, 7) is 2.44. The first kappa shape index (κ1) is 21.7. The molecule has 0 saturated heterocycles. The van der Waals surface area contributed by atoms with E-state index in [1.807, 2.05) is 78.2 Å². The lowest BCUT2D eigenvalue weighted by Crippen LogP contribution is -2.28. The Hall–Kier alpha value is -3.52. The molecule has 2 aromatic carbocycles. The summed E-state index contributed by atoms with van der Waals surface area (Å²) in [5, 5.41) is 12.4. The van der Waals surface area contributed by atoms with Gasteiger partial charge >= 0.3 is 0 Å². The summed E-state index contributed by atoms with van der Waals surface area (Å²) in [5.74, 6) is 2.42. The number of benzene rings is 2. The van der Waals surface area contributed by atoms with E-state index in [1.165, 1.54) is 11.8 Å². The third kappa shape index (κ3) is 5.20. The van der Waals surface area contributed by atoms with Crippen LogP contribution in [-0.4, -0.2) is 33.5 Å².